The van der Waals surface area contributed by atoms with E-state index in [1.165, 1.54) is 10.7 Å². The zero-order chi connectivity index (χ0) is 22.0. The first-order chi connectivity index (χ1) is 14.9. The van der Waals surface area contributed by atoms with E-state index in [4.69, 9.17) is 11.6 Å². The van der Waals surface area contributed by atoms with Crippen LogP contribution in [0.3, 0.4) is 0 Å². The Morgan fingerprint density at radius 3 is 2.45 bits per heavy atom. The second-order valence-electron chi connectivity index (χ2n) is 8.14. The van der Waals surface area contributed by atoms with Crippen molar-refractivity contribution in [2.24, 2.45) is 0 Å². The molecule has 0 atom stereocenters. The van der Waals surface area contributed by atoms with Crippen molar-refractivity contribution in [1.29, 1.82) is 0 Å². The Morgan fingerprint density at radius 2 is 1.81 bits per heavy atom. The van der Waals surface area contributed by atoms with Crippen LogP contribution < -0.4 is 10.9 Å². The number of hydrogen-bond donors (Lipinski definition) is 1. The van der Waals surface area contributed by atoms with Crippen molar-refractivity contribution < 1.29 is 4.79 Å². The zero-order valence-electron chi connectivity index (χ0n) is 17.8. The fourth-order valence-corrected chi connectivity index (χ4v) is 4.54. The number of benzene rings is 1. The van der Waals surface area contributed by atoms with Crippen LogP contribution in [0, 0.1) is 13.8 Å². The first kappa shape index (κ1) is 21.3. The molecule has 0 bridgehead atoms. The topological polar surface area (TPSA) is 81.8 Å². The summed E-state index contributed by atoms with van der Waals surface area (Å²) in [6, 6.07) is 12.6. The summed E-state index contributed by atoms with van der Waals surface area (Å²) >= 11 is 6.03. The number of carbonyl (C=O) groups excluding carboxylic acids is 1. The van der Waals surface area contributed by atoms with Crippen LogP contribution in [-0.4, -0.2) is 32.0 Å². The summed E-state index contributed by atoms with van der Waals surface area (Å²) in [6.45, 7) is 4.46. The maximum absolute atomic E-state index is 13.2. The molecule has 1 amide bonds. The van der Waals surface area contributed by atoms with E-state index >= 15 is 0 Å². The van der Waals surface area contributed by atoms with Gasteiger partial charge in [-0.25, -0.2) is 9.36 Å². The molecule has 162 valence electrons. The Bertz CT molecular complexity index is 1140. The summed E-state index contributed by atoms with van der Waals surface area (Å²) in [4.78, 5) is 25.5. The third kappa shape index (κ3) is 4.28. The lowest BCUT2D eigenvalue weighted by molar-refractivity contribution is -0.126. The summed E-state index contributed by atoms with van der Waals surface area (Å²) in [5.74, 6) is 0.569. The highest BCUT2D eigenvalue weighted by atomic mass is 35.5. The van der Waals surface area contributed by atoms with E-state index in [0.717, 1.165) is 42.6 Å². The predicted molar refractivity (Wildman–Crippen MR) is 120 cm³/mol. The van der Waals surface area contributed by atoms with E-state index in [1.54, 1.807) is 10.7 Å². The highest BCUT2D eigenvalue weighted by Crippen LogP contribution is 2.41. The standard InChI is InChI=1S/C23H26ClN5O2/c1-16-15-17(2)29(26-16)20-9-10-21(30)28(27-20)14-13-25-22(31)23(11-3-4-12-23)18-5-7-19(24)8-6-18/h5-10,15H,3-4,11-14H2,1-2H3,(H,25,31). The molecule has 2 aromatic heterocycles. The Labute approximate surface area is 186 Å². The fraction of sp³-hybridized carbons (Fsp3) is 0.391. The molecular weight excluding hydrogens is 414 g/mol. The van der Waals surface area contributed by atoms with Crippen LogP contribution >= 0.6 is 11.6 Å². The molecule has 0 aliphatic heterocycles. The van der Waals surface area contributed by atoms with Gasteiger partial charge in [-0.05, 0) is 56.5 Å². The van der Waals surface area contributed by atoms with Gasteiger partial charge in [0.1, 0.15) is 0 Å². The van der Waals surface area contributed by atoms with E-state index in [1.807, 2.05) is 44.2 Å². The highest BCUT2D eigenvalue weighted by molar-refractivity contribution is 6.30. The van der Waals surface area contributed by atoms with Crippen molar-refractivity contribution in [3.8, 4) is 5.82 Å². The molecule has 1 aromatic carbocycles. The molecule has 1 aliphatic rings. The molecule has 2 heterocycles. The van der Waals surface area contributed by atoms with Crippen LogP contribution in [0.25, 0.3) is 5.82 Å². The SMILES string of the molecule is Cc1cc(C)n(-c2ccc(=O)n(CCNC(=O)C3(c4ccc(Cl)cc4)CCCC3)n2)n1. The maximum Gasteiger partial charge on any atom is 0.266 e. The summed E-state index contributed by atoms with van der Waals surface area (Å²) in [7, 11) is 0. The molecule has 1 fully saturated rings. The second-order valence-corrected chi connectivity index (χ2v) is 8.58. The van der Waals surface area contributed by atoms with E-state index in [-0.39, 0.29) is 18.0 Å². The smallest absolute Gasteiger partial charge is 0.266 e. The van der Waals surface area contributed by atoms with E-state index in [9.17, 15) is 9.59 Å². The van der Waals surface area contributed by atoms with E-state index in [0.29, 0.717) is 17.4 Å². The highest BCUT2D eigenvalue weighted by Gasteiger charge is 2.42. The quantitative estimate of drug-likeness (QED) is 0.638. The van der Waals surface area contributed by atoms with Gasteiger partial charge in [-0.15, -0.1) is 5.10 Å². The van der Waals surface area contributed by atoms with Crippen molar-refractivity contribution in [1.82, 2.24) is 24.9 Å². The van der Waals surface area contributed by atoms with Crippen LogP contribution in [0.1, 0.15) is 42.6 Å². The Kier molecular flexibility index (Phi) is 5.96. The largest absolute Gasteiger partial charge is 0.353 e. The number of carbonyl (C=O) groups is 1. The third-order valence-corrected chi connectivity index (χ3v) is 6.23. The van der Waals surface area contributed by atoms with Gasteiger partial charge in [0, 0.05) is 23.3 Å². The third-order valence-electron chi connectivity index (χ3n) is 5.98. The van der Waals surface area contributed by atoms with Gasteiger partial charge in [0.15, 0.2) is 5.82 Å². The Hall–Kier alpha value is -2.93. The minimum atomic E-state index is -0.533. The molecular formula is C23H26ClN5O2. The minimum absolute atomic E-state index is 0.00456. The molecule has 1 N–H and O–H groups in total. The van der Waals surface area contributed by atoms with Crippen LogP contribution in [0.15, 0.2) is 47.3 Å². The number of halogens is 1. The molecule has 4 rings (SSSR count). The van der Waals surface area contributed by atoms with Gasteiger partial charge in [0.05, 0.1) is 17.7 Å². The monoisotopic (exact) mass is 439 g/mol. The van der Waals surface area contributed by atoms with Crippen LogP contribution in [0.2, 0.25) is 5.02 Å². The van der Waals surface area contributed by atoms with Crippen molar-refractivity contribution >= 4 is 17.5 Å². The number of rotatable bonds is 6. The number of hydrogen-bond acceptors (Lipinski definition) is 4. The minimum Gasteiger partial charge on any atom is -0.353 e. The van der Waals surface area contributed by atoms with Gasteiger partial charge in [-0.3, -0.25) is 9.59 Å². The van der Waals surface area contributed by atoms with Crippen molar-refractivity contribution in [2.75, 3.05) is 6.54 Å². The molecule has 7 nitrogen and oxygen atoms in total. The summed E-state index contributed by atoms with van der Waals surface area (Å²) < 4.78 is 3.08. The van der Waals surface area contributed by atoms with E-state index < -0.39 is 5.41 Å². The first-order valence-electron chi connectivity index (χ1n) is 10.6. The Morgan fingerprint density at radius 1 is 1.10 bits per heavy atom. The number of amides is 1. The number of aryl methyl sites for hydroxylation is 2. The predicted octanol–water partition coefficient (Wildman–Crippen LogP) is 3.33. The molecule has 0 radical (unpaired) electrons. The molecule has 0 spiro atoms. The lowest BCUT2D eigenvalue weighted by atomic mass is 9.78. The average molecular weight is 440 g/mol. The second kappa shape index (κ2) is 8.67. The van der Waals surface area contributed by atoms with Crippen molar-refractivity contribution in [3.05, 3.63) is 74.8 Å². The number of nitrogens with one attached hydrogen (secondary N) is 1. The molecule has 31 heavy (non-hydrogen) atoms. The maximum atomic E-state index is 13.2. The molecule has 1 aliphatic carbocycles. The Balaban J connectivity index is 1.48. The van der Waals surface area contributed by atoms with Crippen molar-refractivity contribution in [3.63, 3.8) is 0 Å². The van der Waals surface area contributed by atoms with Gasteiger partial charge in [-0.1, -0.05) is 36.6 Å². The van der Waals surface area contributed by atoms with Gasteiger partial charge in [0.2, 0.25) is 5.91 Å². The van der Waals surface area contributed by atoms with Gasteiger partial charge < -0.3 is 5.32 Å². The van der Waals surface area contributed by atoms with Gasteiger partial charge in [-0.2, -0.15) is 5.10 Å². The van der Waals surface area contributed by atoms with Crippen molar-refractivity contribution in [2.45, 2.75) is 51.5 Å². The summed E-state index contributed by atoms with van der Waals surface area (Å²) in [6.07, 6.45) is 3.65. The fourth-order valence-electron chi connectivity index (χ4n) is 4.41. The zero-order valence-corrected chi connectivity index (χ0v) is 18.5. The van der Waals surface area contributed by atoms with Crippen LogP contribution in [0.5, 0.6) is 0 Å². The van der Waals surface area contributed by atoms with E-state index in [2.05, 4.69) is 15.5 Å². The lowest BCUT2D eigenvalue weighted by Crippen LogP contribution is -2.44. The molecule has 1 saturated carbocycles. The average Bonchev–Trinajstić information content (AvgIpc) is 3.37. The van der Waals surface area contributed by atoms with Crippen LogP contribution in [0.4, 0.5) is 0 Å². The van der Waals surface area contributed by atoms with Crippen LogP contribution in [-0.2, 0) is 16.8 Å². The molecule has 3 aromatic rings. The van der Waals surface area contributed by atoms with Gasteiger partial charge >= 0.3 is 0 Å². The molecule has 8 heteroatoms. The number of aromatic nitrogens is 4. The summed E-state index contributed by atoms with van der Waals surface area (Å²) in [5.41, 5.74) is 2.07. The number of nitrogens with zero attached hydrogens (tertiary/aromatic N) is 4. The first-order valence-corrected chi connectivity index (χ1v) is 10.9. The van der Waals surface area contributed by atoms with Gasteiger partial charge in [0.25, 0.3) is 5.56 Å². The normalized spacial score (nSPS) is 15.2. The molecule has 0 saturated heterocycles. The molecule has 0 unspecified atom stereocenters. The lowest BCUT2D eigenvalue weighted by Gasteiger charge is -2.28. The summed E-state index contributed by atoms with van der Waals surface area (Å²) in [5, 5.41) is 12.5.